The molecule has 1 N–H and O–H groups in total. The molecule has 1 aromatic rings. The maximum absolute atomic E-state index is 12.1. The van der Waals surface area contributed by atoms with E-state index in [1.54, 1.807) is 32.3 Å². The van der Waals surface area contributed by atoms with Crippen molar-refractivity contribution < 1.29 is 13.2 Å². The molecular weight excluding hydrogens is 238 g/mol. The molecular formula is C12H16NO3S. The highest BCUT2D eigenvalue weighted by Crippen LogP contribution is 2.21. The average Bonchev–Trinajstić information content (AvgIpc) is 2.14. The summed E-state index contributed by atoms with van der Waals surface area (Å²) in [4.78, 5) is 10.6. The van der Waals surface area contributed by atoms with Crippen LogP contribution < -0.4 is 4.72 Å². The monoisotopic (exact) mass is 254 g/mol. The Morgan fingerprint density at radius 3 is 2.06 bits per heavy atom. The lowest BCUT2D eigenvalue weighted by Gasteiger charge is -2.14. The predicted octanol–water partition coefficient (Wildman–Crippen LogP) is 1.39. The van der Waals surface area contributed by atoms with Gasteiger partial charge in [0, 0.05) is 0 Å². The van der Waals surface area contributed by atoms with Crippen molar-refractivity contribution >= 4 is 16.3 Å². The maximum atomic E-state index is 12.1. The van der Waals surface area contributed by atoms with Crippen LogP contribution >= 0.6 is 0 Å². The molecule has 1 atom stereocenters. The first kappa shape index (κ1) is 13.9. The lowest BCUT2D eigenvalue weighted by molar-refractivity contribution is 0.533. The molecule has 0 bridgehead atoms. The fourth-order valence-corrected chi connectivity index (χ4v) is 3.50. The first-order chi connectivity index (χ1) is 7.77. The number of nitrogens with one attached hydrogen (secondary N) is 1. The number of aryl methyl sites for hydroxylation is 3. The van der Waals surface area contributed by atoms with Crippen LogP contribution in [0.3, 0.4) is 0 Å². The zero-order chi connectivity index (χ0) is 13.2. The van der Waals surface area contributed by atoms with E-state index < -0.39 is 16.1 Å². The maximum Gasteiger partial charge on any atom is 0.241 e. The van der Waals surface area contributed by atoms with E-state index in [-0.39, 0.29) is 4.90 Å². The summed E-state index contributed by atoms with van der Waals surface area (Å²) in [5.74, 6) is 0. The minimum Gasteiger partial charge on any atom is -0.289 e. The molecule has 0 spiro atoms. The summed E-state index contributed by atoms with van der Waals surface area (Å²) >= 11 is 0. The molecule has 0 saturated carbocycles. The van der Waals surface area contributed by atoms with Gasteiger partial charge in [-0.25, -0.2) is 13.1 Å². The molecule has 1 radical (unpaired) electrons. The highest BCUT2D eigenvalue weighted by molar-refractivity contribution is 7.89. The number of hydrogen-bond acceptors (Lipinski definition) is 3. The molecule has 0 aromatic heterocycles. The Morgan fingerprint density at radius 2 is 1.65 bits per heavy atom. The lowest BCUT2D eigenvalue weighted by Crippen LogP contribution is -2.34. The lowest BCUT2D eigenvalue weighted by atomic mass is 10.1. The Kier molecular flexibility index (Phi) is 4.06. The molecule has 4 nitrogen and oxygen atoms in total. The summed E-state index contributed by atoms with van der Waals surface area (Å²) in [6.45, 7) is 6.84. The van der Waals surface area contributed by atoms with E-state index in [9.17, 15) is 13.2 Å². The molecule has 0 aliphatic heterocycles. The highest BCUT2D eigenvalue weighted by atomic mass is 32.2. The third-order valence-corrected chi connectivity index (χ3v) is 4.23. The minimum absolute atomic E-state index is 0.241. The minimum atomic E-state index is -3.66. The van der Waals surface area contributed by atoms with Gasteiger partial charge in [0.1, 0.15) is 0 Å². The molecule has 1 rings (SSSR count). The summed E-state index contributed by atoms with van der Waals surface area (Å²) in [6.07, 6.45) is 1.60. The van der Waals surface area contributed by atoms with Crippen molar-refractivity contribution in [1.29, 1.82) is 0 Å². The van der Waals surface area contributed by atoms with Gasteiger partial charge in [-0.1, -0.05) is 17.7 Å². The molecule has 0 amide bonds. The van der Waals surface area contributed by atoms with Crippen molar-refractivity contribution in [1.82, 2.24) is 4.72 Å². The topological polar surface area (TPSA) is 63.2 Å². The van der Waals surface area contributed by atoms with Crippen LogP contribution in [0.2, 0.25) is 0 Å². The van der Waals surface area contributed by atoms with Gasteiger partial charge < -0.3 is 0 Å². The van der Waals surface area contributed by atoms with Crippen molar-refractivity contribution in [3.63, 3.8) is 0 Å². The van der Waals surface area contributed by atoms with Gasteiger partial charge in [-0.05, 0) is 38.8 Å². The van der Waals surface area contributed by atoms with E-state index in [0.29, 0.717) is 11.1 Å². The van der Waals surface area contributed by atoms with E-state index in [0.717, 1.165) is 5.56 Å². The van der Waals surface area contributed by atoms with Crippen molar-refractivity contribution in [3.05, 3.63) is 28.8 Å². The van der Waals surface area contributed by atoms with Crippen LogP contribution in [0.25, 0.3) is 0 Å². The zero-order valence-electron chi connectivity index (χ0n) is 10.4. The Labute approximate surface area is 102 Å². The Hall–Kier alpha value is -1.20. The zero-order valence-corrected chi connectivity index (χ0v) is 11.2. The summed E-state index contributed by atoms with van der Waals surface area (Å²) in [5, 5.41) is 0. The quantitative estimate of drug-likeness (QED) is 0.883. The molecule has 0 aliphatic rings. The molecule has 0 fully saturated rings. The number of carbonyl (C=O) groups excluding carboxylic acids is 1. The van der Waals surface area contributed by atoms with Gasteiger partial charge in [0.25, 0.3) is 0 Å². The summed E-state index contributed by atoms with van der Waals surface area (Å²) in [5.41, 5.74) is 2.36. The standard InChI is InChI=1S/C12H16NO3S/c1-8-5-9(2)12(10(3)6-8)17(15,16)13-11(4)7-14/h5-6,11,13H,1-4H3. The molecule has 0 aliphatic carbocycles. The SMILES string of the molecule is Cc1cc(C)c(S(=O)(=O)NC(C)[C]=O)c(C)c1. The van der Waals surface area contributed by atoms with Crippen LogP contribution in [0.15, 0.2) is 17.0 Å². The van der Waals surface area contributed by atoms with Crippen molar-refractivity contribution in [2.75, 3.05) is 0 Å². The second-order valence-electron chi connectivity index (χ2n) is 4.19. The van der Waals surface area contributed by atoms with Crippen LogP contribution in [0.4, 0.5) is 0 Å². The van der Waals surface area contributed by atoms with Crippen LogP contribution in [-0.2, 0) is 14.8 Å². The highest BCUT2D eigenvalue weighted by Gasteiger charge is 2.21. The first-order valence-electron chi connectivity index (χ1n) is 5.26. The van der Waals surface area contributed by atoms with Crippen molar-refractivity contribution in [3.8, 4) is 0 Å². The van der Waals surface area contributed by atoms with Gasteiger partial charge in [0.2, 0.25) is 16.3 Å². The third-order valence-electron chi connectivity index (χ3n) is 2.38. The molecule has 1 unspecified atom stereocenters. The first-order valence-corrected chi connectivity index (χ1v) is 6.74. The smallest absolute Gasteiger partial charge is 0.241 e. The fourth-order valence-electron chi connectivity index (χ4n) is 1.91. The molecule has 17 heavy (non-hydrogen) atoms. The molecule has 93 valence electrons. The Morgan fingerprint density at radius 1 is 1.18 bits per heavy atom. The largest absolute Gasteiger partial charge is 0.289 e. The summed E-state index contributed by atoms with van der Waals surface area (Å²) in [7, 11) is -3.66. The van der Waals surface area contributed by atoms with E-state index in [1.807, 2.05) is 6.92 Å². The molecule has 1 aromatic carbocycles. The van der Waals surface area contributed by atoms with E-state index in [2.05, 4.69) is 4.72 Å². The number of sulfonamides is 1. The summed E-state index contributed by atoms with van der Waals surface area (Å²) in [6, 6.07) is 2.76. The number of rotatable bonds is 4. The van der Waals surface area contributed by atoms with Gasteiger partial charge in [-0.15, -0.1) is 0 Å². The summed E-state index contributed by atoms with van der Waals surface area (Å²) < 4.78 is 26.4. The van der Waals surface area contributed by atoms with Crippen LogP contribution in [0, 0.1) is 20.8 Å². The molecule has 5 heteroatoms. The van der Waals surface area contributed by atoms with Gasteiger partial charge in [0.15, 0.2) is 0 Å². The van der Waals surface area contributed by atoms with E-state index >= 15 is 0 Å². The van der Waals surface area contributed by atoms with Gasteiger partial charge in [-0.2, -0.15) is 0 Å². The van der Waals surface area contributed by atoms with E-state index in [4.69, 9.17) is 0 Å². The third kappa shape index (κ3) is 3.14. The van der Waals surface area contributed by atoms with Crippen LogP contribution in [0.5, 0.6) is 0 Å². The number of hydrogen-bond donors (Lipinski definition) is 1. The van der Waals surface area contributed by atoms with Crippen molar-refractivity contribution in [2.24, 2.45) is 0 Å². The van der Waals surface area contributed by atoms with E-state index in [1.165, 1.54) is 6.92 Å². The van der Waals surface area contributed by atoms with Crippen LogP contribution in [-0.4, -0.2) is 20.7 Å². The van der Waals surface area contributed by atoms with Gasteiger partial charge in [-0.3, -0.25) is 4.79 Å². The average molecular weight is 254 g/mol. The van der Waals surface area contributed by atoms with Crippen molar-refractivity contribution in [2.45, 2.75) is 38.6 Å². The Balaban J connectivity index is 3.29. The predicted molar refractivity (Wildman–Crippen MR) is 66.1 cm³/mol. The second-order valence-corrected chi connectivity index (χ2v) is 5.84. The second kappa shape index (κ2) is 4.98. The fraction of sp³-hybridized carbons (Fsp3) is 0.417. The van der Waals surface area contributed by atoms with Gasteiger partial charge >= 0.3 is 0 Å². The normalized spacial score (nSPS) is 13.4. The number of benzene rings is 1. The molecule has 0 heterocycles. The molecule has 0 saturated heterocycles. The van der Waals surface area contributed by atoms with Crippen LogP contribution in [0.1, 0.15) is 23.6 Å². The Bertz CT molecular complexity index is 512. The van der Waals surface area contributed by atoms with Gasteiger partial charge in [0.05, 0.1) is 10.9 Å².